The zero-order chi connectivity index (χ0) is 22.5. The highest BCUT2D eigenvalue weighted by molar-refractivity contribution is 7.17. The maximum Gasteiger partial charge on any atom is 0.280 e. The molecule has 0 saturated carbocycles. The molecule has 0 aliphatic heterocycles. The zero-order valence-electron chi connectivity index (χ0n) is 17.9. The number of benzene rings is 1. The molecule has 0 aliphatic rings. The van der Waals surface area contributed by atoms with E-state index >= 15 is 0 Å². The summed E-state index contributed by atoms with van der Waals surface area (Å²) in [5.74, 6) is -0.244. The van der Waals surface area contributed by atoms with E-state index in [1.807, 2.05) is 62.4 Å². The summed E-state index contributed by atoms with van der Waals surface area (Å²) in [7, 11) is 0. The summed E-state index contributed by atoms with van der Waals surface area (Å²) in [4.78, 5) is 34.7. The van der Waals surface area contributed by atoms with E-state index in [-0.39, 0.29) is 17.5 Å². The van der Waals surface area contributed by atoms with Crippen LogP contribution >= 0.6 is 11.3 Å². The first-order chi connectivity index (χ1) is 15.5. The van der Waals surface area contributed by atoms with Gasteiger partial charge in [0.1, 0.15) is 5.69 Å². The summed E-state index contributed by atoms with van der Waals surface area (Å²) in [6.07, 6.45) is 2.37. The van der Waals surface area contributed by atoms with E-state index in [4.69, 9.17) is 0 Å². The molecule has 0 aliphatic carbocycles. The maximum absolute atomic E-state index is 12.8. The number of carbonyl (C=O) groups is 1. The minimum absolute atomic E-state index is 0.0788. The van der Waals surface area contributed by atoms with E-state index in [9.17, 15) is 9.59 Å². The third-order valence-corrected chi connectivity index (χ3v) is 5.88. The number of rotatable bonds is 7. The van der Waals surface area contributed by atoms with E-state index in [0.717, 1.165) is 16.1 Å². The van der Waals surface area contributed by atoms with Gasteiger partial charge in [0.2, 0.25) is 0 Å². The minimum atomic E-state index is -0.244. The van der Waals surface area contributed by atoms with Crippen molar-refractivity contribution in [2.45, 2.75) is 26.3 Å². The highest BCUT2D eigenvalue weighted by Gasteiger charge is 2.21. The number of hydrogen-bond donors (Lipinski definition) is 1. The lowest BCUT2D eigenvalue weighted by atomic mass is 10.1. The van der Waals surface area contributed by atoms with Crippen LogP contribution in [0, 0.1) is 0 Å². The van der Waals surface area contributed by atoms with Gasteiger partial charge >= 0.3 is 0 Å². The van der Waals surface area contributed by atoms with Crippen LogP contribution in [0.3, 0.4) is 0 Å². The molecule has 1 amide bonds. The van der Waals surface area contributed by atoms with Crippen molar-refractivity contribution in [2.75, 3.05) is 6.54 Å². The molecule has 0 spiro atoms. The first kappa shape index (κ1) is 21.6. The molecule has 0 radical (unpaired) electrons. The van der Waals surface area contributed by atoms with Gasteiger partial charge in [0, 0.05) is 36.5 Å². The van der Waals surface area contributed by atoms with Gasteiger partial charge < -0.3 is 5.32 Å². The van der Waals surface area contributed by atoms with Gasteiger partial charge in [0.25, 0.3) is 11.5 Å². The number of nitrogens with one attached hydrogen (secondary N) is 1. The first-order valence-electron chi connectivity index (χ1n) is 10.4. The predicted octanol–water partition coefficient (Wildman–Crippen LogP) is 3.98. The van der Waals surface area contributed by atoms with Crippen LogP contribution in [-0.4, -0.2) is 32.2 Å². The summed E-state index contributed by atoms with van der Waals surface area (Å²) in [5.41, 5.74) is 2.92. The van der Waals surface area contributed by atoms with Crippen molar-refractivity contribution in [1.29, 1.82) is 0 Å². The second-order valence-electron chi connectivity index (χ2n) is 7.48. The van der Waals surface area contributed by atoms with Crippen molar-refractivity contribution >= 4 is 17.2 Å². The smallest absolute Gasteiger partial charge is 0.280 e. The van der Waals surface area contributed by atoms with Crippen molar-refractivity contribution in [1.82, 2.24) is 25.1 Å². The summed E-state index contributed by atoms with van der Waals surface area (Å²) < 4.78 is 1.44. The Kier molecular flexibility index (Phi) is 6.51. The number of nitrogens with zero attached hydrogens (tertiary/aromatic N) is 4. The van der Waals surface area contributed by atoms with E-state index in [2.05, 4.69) is 20.4 Å². The van der Waals surface area contributed by atoms with Gasteiger partial charge in [-0.3, -0.25) is 14.6 Å². The number of thiazole rings is 1. The standard InChI is InChI=1S/C24H23N5O2S/c1-16(2)29-20(30)12-11-19(28-29)22-21(17-8-4-3-5-9-17)27-24(32-22)23(31)26-15-13-18-10-6-7-14-25-18/h3-12,14,16H,13,15H2,1-2H3,(H,26,31). The van der Waals surface area contributed by atoms with Gasteiger partial charge in [-0.1, -0.05) is 36.4 Å². The molecule has 7 nitrogen and oxygen atoms in total. The number of pyridine rings is 1. The van der Waals surface area contributed by atoms with E-state index in [0.29, 0.717) is 29.4 Å². The van der Waals surface area contributed by atoms with Gasteiger partial charge in [-0.2, -0.15) is 5.10 Å². The molecule has 0 unspecified atom stereocenters. The van der Waals surface area contributed by atoms with Crippen LogP contribution in [0.15, 0.2) is 71.7 Å². The Morgan fingerprint density at radius 3 is 2.56 bits per heavy atom. The molecule has 0 fully saturated rings. The Morgan fingerprint density at radius 2 is 1.84 bits per heavy atom. The summed E-state index contributed by atoms with van der Waals surface area (Å²) in [6.45, 7) is 4.27. The lowest BCUT2D eigenvalue weighted by Gasteiger charge is -2.09. The SMILES string of the molecule is CC(C)n1nc(-c2sc(C(=O)NCCc3ccccn3)nc2-c2ccccc2)ccc1=O. The predicted molar refractivity (Wildman–Crippen MR) is 126 cm³/mol. The summed E-state index contributed by atoms with van der Waals surface area (Å²) in [5, 5.41) is 7.81. The van der Waals surface area contributed by atoms with Gasteiger partial charge in [0.05, 0.1) is 16.6 Å². The van der Waals surface area contributed by atoms with Crippen molar-refractivity contribution in [3.8, 4) is 21.8 Å². The molecule has 162 valence electrons. The van der Waals surface area contributed by atoms with Crippen LogP contribution in [-0.2, 0) is 6.42 Å². The molecular weight excluding hydrogens is 422 g/mol. The van der Waals surface area contributed by atoms with Crippen molar-refractivity contribution in [3.63, 3.8) is 0 Å². The third kappa shape index (κ3) is 4.81. The molecule has 0 saturated heterocycles. The molecule has 3 aromatic heterocycles. The average molecular weight is 446 g/mol. The normalized spacial score (nSPS) is 11.0. The number of carbonyl (C=O) groups excluding carboxylic acids is 1. The molecule has 1 N–H and O–H groups in total. The molecule has 0 atom stereocenters. The lowest BCUT2D eigenvalue weighted by molar-refractivity contribution is 0.0954. The lowest BCUT2D eigenvalue weighted by Crippen LogP contribution is -2.25. The van der Waals surface area contributed by atoms with E-state index in [1.54, 1.807) is 12.3 Å². The Hall–Kier alpha value is -3.65. The second-order valence-corrected chi connectivity index (χ2v) is 8.48. The van der Waals surface area contributed by atoms with Crippen LogP contribution in [0.1, 0.15) is 35.4 Å². The van der Waals surface area contributed by atoms with Gasteiger partial charge in [-0.25, -0.2) is 9.67 Å². The fourth-order valence-corrected chi connectivity index (χ4v) is 4.19. The zero-order valence-corrected chi connectivity index (χ0v) is 18.7. The first-order valence-corrected chi connectivity index (χ1v) is 11.2. The molecular formula is C24H23N5O2S. The van der Waals surface area contributed by atoms with Crippen molar-refractivity contribution in [2.24, 2.45) is 0 Å². The molecule has 0 bridgehead atoms. The number of hydrogen-bond acceptors (Lipinski definition) is 6. The second kappa shape index (κ2) is 9.65. The van der Waals surface area contributed by atoms with Crippen molar-refractivity contribution in [3.05, 3.63) is 87.9 Å². The monoisotopic (exact) mass is 445 g/mol. The molecule has 8 heteroatoms. The maximum atomic E-state index is 12.8. The Morgan fingerprint density at radius 1 is 1.06 bits per heavy atom. The third-order valence-electron chi connectivity index (χ3n) is 4.81. The van der Waals surface area contributed by atoms with Gasteiger partial charge in [-0.05, 0) is 32.0 Å². The largest absolute Gasteiger partial charge is 0.350 e. The van der Waals surface area contributed by atoms with Crippen molar-refractivity contribution < 1.29 is 4.79 Å². The highest BCUT2D eigenvalue weighted by Crippen LogP contribution is 2.35. The average Bonchev–Trinajstić information content (AvgIpc) is 3.26. The van der Waals surface area contributed by atoms with Crippen LogP contribution in [0.5, 0.6) is 0 Å². The Labute approximate surface area is 189 Å². The molecule has 1 aromatic carbocycles. The highest BCUT2D eigenvalue weighted by atomic mass is 32.1. The van der Waals surface area contributed by atoms with Gasteiger partial charge in [-0.15, -0.1) is 11.3 Å². The molecule has 3 heterocycles. The van der Waals surface area contributed by atoms with Crippen LogP contribution in [0.2, 0.25) is 0 Å². The fraction of sp³-hybridized carbons (Fsp3) is 0.208. The summed E-state index contributed by atoms with van der Waals surface area (Å²) in [6, 6.07) is 18.5. The quantitative estimate of drug-likeness (QED) is 0.465. The van der Waals surface area contributed by atoms with E-state index < -0.39 is 0 Å². The number of aromatic nitrogens is 4. The summed E-state index contributed by atoms with van der Waals surface area (Å²) >= 11 is 1.27. The molecule has 4 rings (SSSR count). The topological polar surface area (TPSA) is 89.8 Å². The van der Waals surface area contributed by atoms with Crippen LogP contribution in [0.25, 0.3) is 21.8 Å². The van der Waals surface area contributed by atoms with Crippen LogP contribution in [0.4, 0.5) is 0 Å². The fourth-order valence-electron chi connectivity index (χ4n) is 3.22. The molecule has 4 aromatic rings. The Bertz CT molecular complexity index is 1270. The van der Waals surface area contributed by atoms with E-state index in [1.165, 1.54) is 22.1 Å². The molecule has 32 heavy (non-hydrogen) atoms. The van der Waals surface area contributed by atoms with Gasteiger partial charge in [0.15, 0.2) is 5.01 Å². The Balaban J connectivity index is 1.65. The minimum Gasteiger partial charge on any atom is -0.350 e. The van der Waals surface area contributed by atoms with Crippen LogP contribution < -0.4 is 10.9 Å². The number of amides is 1.